The summed E-state index contributed by atoms with van der Waals surface area (Å²) >= 11 is 8.05. The maximum Gasteiger partial charge on any atom is 0.132 e. The molecule has 0 heterocycles. The summed E-state index contributed by atoms with van der Waals surface area (Å²) in [7, 11) is 1.69. The number of halogens is 1. The van der Waals surface area contributed by atoms with E-state index in [1.165, 1.54) is 18.4 Å². The van der Waals surface area contributed by atoms with E-state index in [9.17, 15) is 0 Å². The van der Waals surface area contributed by atoms with E-state index >= 15 is 0 Å². The number of para-hydroxylation sites is 1. The summed E-state index contributed by atoms with van der Waals surface area (Å²) in [6.45, 7) is 0.893. The molecular weight excluding hydrogens is 302 g/mol. The molecule has 1 aliphatic rings. The molecule has 1 fully saturated rings. The van der Waals surface area contributed by atoms with Gasteiger partial charge in [-0.05, 0) is 42.7 Å². The summed E-state index contributed by atoms with van der Waals surface area (Å²) in [5, 5.41) is 4.29. The maximum absolute atomic E-state index is 6.42. The SMILES string of the molecule is COc1ccccc1Sc1ccc(CNC2CC2)cc1Cl. The minimum Gasteiger partial charge on any atom is -0.496 e. The molecule has 2 nitrogen and oxygen atoms in total. The van der Waals surface area contributed by atoms with Crippen molar-refractivity contribution in [3.63, 3.8) is 0 Å². The van der Waals surface area contributed by atoms with Crippen molar-refractivity contribution in [1.82, 2.24) is 5.32 Å². The highest BCUT2D eigenvalue weighted by atomic mass is 35.5. The van der Waals surface area contributed by atoms with Gasteiger partial charge in [0.2, 0.25) is 0 Å². The number of rotatable bonds is 6. The van der Waals surface area contributed by atoms with E-state index in [-0.39, 0.29) is 0 Å². The van der Waals surface area contributed by atoms with Crippen LogP contribution in [-0.2, 0) is 6.54 Å². The zero-order valence-electron chi connectivity index (χ0n) is 11.9. The summed E-state index contributed by atoms with van der Waals surface area (Å²) in [6, 6.07) is 15.0. The molecule has 110 valence electrons. The standard InChI is InChI=1S/C17H18ClNOS/c1-20-15-4-2-3-5-17(15)21-16-9-6-12(10-14(16)18)11-19-13-7-8-13/h2-6,9-10,13,19H,7-8,11H2,1H3. The highest BCUT2D eigenvalue weighted by molar-refractivity contribution is 7.99. The van der Waals surface area contributed by atoms with Crippen LogP contribution >= 0.6 is 23.4 Å². The van der Waals surface area contributed by atoms with Crippen molar-refractivity contribution in [1.29, 1.82) is 0 Å². The second kappa shape index (κ2) is 6.73. The number of ether oxygens (including phenoxy) is 1. The normalized spacial score (nSPS) is 14.2. The Bertz CT molecular complexity index is 628. The third-order valence-electron chi connectivity index (χ3n) is 3.46. The largest absolute Gasteiger partial charge is 0.496 e. The summed E-state index contributed by atoms with van der Waals surface area (Å²) in [5.74, 6) is 0.873. The van der Waals surface area contributed by atoms with E-state index in [0.717, 1.165) is 27.1 Å². The molecule has 2 aromatic rings. The Kier molecular flexibility index (Phi) is 4.73. The predicted molar refractivity (Wildman–Crippen MR) is 88.4 cm³/mol. The van der Waals surface area contributed by atoms with Crippen LogP contribution in [0.3, 0.4) is 0 Å². The fraction of sp³-hybridized carbons (Fsp3) is 0.294. The number of hydrogen-bond donors (Lipinski definition) is 1. The molecular formula is C17H18ClNOS. The van der Waals surface area contributed by atoms with Crippen LogP contribution in [0.1, 0.15) is 18.4 Å². The lowest BCUT2D eigenvalue weighted by Gasteiger charge is -2.10. The monoisotopic (exact) mass is 319 g/mol. The van der Waals surface area contributed by atoms with E-state index in [2.05, 4.69) is 23.5 Å². The zero-order chi connectivity index (χ0) is 14.7. The van der Waals surface area contributed by atoms with Crippen molar-refractivity contribution < 1.29 is 4.74 Å². The van der Waals surface area contributed by atoms with E-state index in [1.807, 2.05) is 24.3 Å². The first kappa shape index (κ1) is 14.8. The first-order valence-electron chi connectivity index (χ1n) is 7.09. The van der Waals surface area contributed by atoms with Gasteiger partial charge in [0, 0.05) is 17.5 Å². The molecule has 0 bridgehead atoms. The lowest BCUT2D eigenvalue weighted by molar-refractivity contribution is 0.405. The fourth-order valence-electron chi connectivity index (χ4n) is 2.11. The fourth-order valence-corrected chi connectivity index (χ4v) is 3.36. The van der Waals surface area contributed by atoms with Gasteiger partial charge < -0.3 is 10.1 Å². The van der Waals surface area contributed by atoms with Gasteiger partial charge in [-0.25, -0.2) is 0 Å². The molecule has 0 spiro atoms. The zero-order valence-corrected chi connectivity index (χ0v) is 13.5. The number of nitrogens with one attached hydrogen (secondary N) is 1. The third-order valence-corrected chi connectivity index (χ3v) is 5.02. The first-order chi connectivity index (χ1) is 10.3. The van der Waals surface area contributed by atoms with E-state index in [4.69, 9.17) is 16.3 Å². The van der Waals surface area contributed by atoms with Crippen molar-refractivity contribution in [2.45, 2.75) is 35.2 Å². The third kappa shape index (κ3) is 3.94. The van der Waals surface area contributed by atoms with Crippen LogP contribution in [0.5, 0.6) is 5.75 Å². The summed E-state index contributed by atoms with van der Waals surface area (Å²) in [6.07, 6.45) is 2.60. The molecule has 1 N–H and O–H groups in total. The van der Waals surface area contributed by atoms with Crippen molar-refractivity contribution in [2.75, 3.05) is 7.11 Å². The minimum absolute atomic E-state index is 0.714. The van der Waals surface area contributed by atoms with Crippen molar-refractivity contribution in [3.05, 3.63) is 53.1 Å². The van der Waals surface area contributed by atoms with Gasteiger partial charge in [-0.1, -0.05) is 41.6 Å². The molecule has 0 unspecified atom stereocenters. The molecule has 2 aromatic carbocycles. The Labute approximate surface area is 134 Å². The lowest BCUT2D eigenvalue weighted by atomic mass is 10.2. The van der Waals surface area contributed by atoms with Crippen LogP contribution in [0.15, 0.2) is 52.3 Å². The lowest BCUT2D eigenvalue weighted by Crippen LogP contribution is -2.15. The Morgan fingerprint density at radius 3 is 2.71 bits per heavy atom. The van der Waals surface area contributed by atoms with Gasteiger partial charge in [0.05, 0.1) is 17.0 Å². The second-order valence-electron chi connectivity index (χ2n) is 5.17. The van der Waals surface area contributed by atoms with Crippen LogP contribution in [-0.4, -0.2) is 13.2 Å². The van der Waals surface area contributed by atoms with Gasteiger partial charge in [0.1, 0.15) is 5.75 Å². The van der Waals surface area contributed by atoms with Crippen LogP contribution in [0.25, 0.3) is 0 Å². The molecule has 0 aliphatic heterocycles. The van der Waals surface area contributed by atoms with Gasteiger partial charge in [-0.3, -0.25) is 0 Å². The second-order valence-corrected chi connectivity index (χ2v) is 6.66. The molecule has 21 heavy (non-hydrogen) atoms. The highest BCUT2D eigenvalue weighted by Gasteiger charge is 2.20. The van der Waals surface area contributed by atoms with Crippen LogP contribution in [0.2, 0.25) is 5.02 Å². The molecule has 0 atom stereocenters. The molecule has 4 heteroatoms. The molecule has 3 rings (SSSR count). The Balaban J connectivity index is 1.72. The van der Waals surface area contributed by atoms with E-state index in [0.29, 0.717) is 6.04 Å². The van der Waals surface area contributed by atoms with Crippen molar-refractivity contribution in [2.24, 2.45) is 0 Å². The van der Waals surface area contributed by atoms with Crippen LogP contribution in [0, 0.1) is 0 Å². The quantitative estimate of drug-likeness (QED) is 0.830. The smallest absolute Gasteiger partial charge is 0.132 e. The summed E-state index contributed by atoms with van der Waals surface area (Å²) in [4.78, 5) is 2.13. The Morgan fingerprint density at radius 1 is 1.19 bits per heavy atom. The summed E-state index contributed by atoms with van der Waals surface area (Å²) in [5.41, 5.74) is 1.23. The number of benzene rings is 2. The van der Waals surface area contributed by atoms with Gasteiger partial charge >= 0.3 is 0 Å². The van der Waals surface area contributed by atoms with Gasteiger partial charge in [-0.15, -0.1) is 0 Å². The van der Waals surface area contributed by atoms with Crippen LogP contribution in [0.4, 0.5) is 0 Å². The highest BCUT2D eigenvalue weighted by Crippen LogP contribution is 2.38. The number of methoxy groups -OCH3 is 1. The van der Waals surface area contributed by atoms with Gasteiger partial charge in [0.25, 0.3) is 0 Å². The topological polar surface area (TPSA) is 21.3 Å². The molecule has 0 aromatic heterocycles. The molecule has 0 saturated heterocycles. The van der Waals surface area contributed by atoms with Gasteiger partial charge in [0.15, 0.2) is 0 Å². The Hall–Kier alpha value is -1.16. The predicted octanol–water partition coefficient (Wildman–Crippen LogP) is 4.75. The Morgan fingerprint density at radius 2 is 2.00 bits per heavy atom. The maximum atomic E-state index is 6.42. The minimum atomic E-state index is 0.714. The average Bonchev–Trinajstić information content (AvgIpc) is 3.32. The van der Waals surface area contributed by atoms with Crippen LogP contribution < -0.4 is 10.1 Å². The molecule has 1 saturated carbocycles. The molecule has 1 aliphatic carbocycles. The van der Waals surface area contributed by atoms with Gasteiger partial charge in [-0.2, -0.15) is 0 Å². The van der Waals surface area contributed by atoms with Crippen molar-refractivity contribution in [3.8, 4) is 5.75 Å². The molecule has 0 amide bonds. The first-order valence-corrected chi connectivity index (χ1v) is 8.28. The van der Waals surface area contributed by atoms with Crippen molar-refractivity contribution >= 4 is 23.4 Å². The molecule has 0 radical (unpaired) electrons. The van der Waals surface area contributed by atoms with E-state index < -0.39 is 0 Å². The number of hydrogen-bond acceptors (Lipinski definition) is 3. The summed E-state index contributed by atoms with van der Waals surface area (Å²) < 4.78 is 5.38. The van der Waals surface area contributed by atoms with E-state index in [1.54, 1.807) is 18.9 Å². The average molecular weight is 320 g/mol.